The van der Waals surface area contributed by atoms with Crippen LogP contribution in [0.2, 0.25) is 10.2 Å². The van der Waals surface area contributed by atoms with E-state index in [0.717, 1.165) is 5.69 Å². The Balaban J connectivity index is 2.56. The van der Waals surface area contributed by atoms with Crippen molar-refractivity contribution >= 4 is 23.2 Å². The fourth-order valence-electron chi connectivity index (χ4n) is 1.39. The Morgan fingerprint density at radius 3 is 2.59 bits per heavy atom. The molecular formula is C12H11Cl2N3. The summed E-state index contributed by atoms with van der Waals surface area (Å²) in [6.45, 7) is 4.09. The molecule has 88 valence electrons. The second-order valence-corrected chi connectivity index (χ2v) is 4.72. The molecule has 0 N–H and O–H groups in total. The van der Waals surface area contributed by atoms with Crippen LogP contribution in [0.5, 0.6) is 0 Å². The molecule has 2 aromatic rings. The molecule has 0 atom stereocenters. The predicted octanol–water partition coefficient (Wildman–Crippen LogP) is 3.97. The van der Waals surface area contributed by atoms with Crippen LogP contribution in [0.3, 0.4) is 0 Å². The Morgan fingerprint density at radius 1 is 1.18 bits per heavy atom. The van der Waals surface area contributed by atoms with E-state index in [-0.39, 0.29) is 5.92 Å². The summed E-state index contributed by atoms with van der Waals surface area (Å²) < 4.78 is 0. The molecule has 0 bridgehead atoms. The van der Waals surface area contributed by atoms with E-state index < -0.39 is 0 Å². The first-order chi connectivity index (χ1) is 8.08. The topological polar surface area (TPSA) is 38.7 Å². The summed E-state index contributed by atoms with van der Waals surface area (Å²) in [5.41, 5.74) is 1.43. The number of pyridine rings is 1. The van der Waals surface area contributed by atoms with Crippen LogP contribution in [-0.4, -0.2) is 15.0 Å². The van der Waals surface area contributed by atoms with Gasteiger partial charge in [0.1, 0.15) is 10.8 Å². The predicted molar refractivity (Wildman–Crippen MR) is 69.4 cm³/mol. The summed E-state index contributed by atoms with van der Waals surface area (Å²) >= 11 is 12.0. The van der Waals surface area contributed by atoms with E-state index in [0.29, 0.717) is 21.7 Å². The molecule has 0 saturated carbocycles. The van der Waals surface area contributed by atoms with Gasteiger partial charge >= 0.3 is 0 Å². The lowest BCUT2D eigenvalue weighted by Gasteiger charge is -2.07. The van der Waals surface area contributed by atoms with Crippen molar-refractivity contribution in [3.8, 4) is 11.5 Å². The number of hydrogen-bond acceptors (Lipinski definition) is 3. The first-order valence-corrected chi connectivity index (χ1v) is 5.99. The third-order valence-corrected chi connectivity index (χ3v) is 2.78. The zero-order valence-electron chi connectivity index (χ0n) is 9.48. The van der Waals surface area contributed by atoms with E-state index in [4.69, 9.17) is 23.2 Å². The van der Waals surface area contributed by atoms with E-state index >= 15 is 0 Å². The van der Waals surface area contributed by atoms with E-state index in [1.54, 1.807) is 24.4 Å². The number of nitrogens with zero attached hydrogens (tertiary/aromatic N) is 3. The molecule has 2 heterocycles. The first kappa shape index (κ1) is 12.3. The van der Waals surface area contributed by atoms with Crippen LogP contribution in [0.1, 0.15) is 25.5 Å². The molecule has 0 aliphatic carbocycles. The van der Waals surface area contributed by atoms with Gasteiger partial charge in [0.2, 0.25) is 0 Å². The number of halogens is 2. The Morgan fingerprint density at radius 2 is 1.94 bits per heavy atom. The summed E-state index contributed by atoms with van der Waals surface area (Å²) in [5, 5.41) is 0.921. The van der Waals surface area contributed by atoms with Crippen LogP contribution >= 0.6 is 23.2 Å². The van der Waals surface area contributed by atoms with Gasteiger partial charge in [0.05, 0.1) is 5.02 Å². The molecule has 0 amide bonds. The van der Waals surface area contributed by atoms with Crippen molar-refractivity contribution in [2.45, 2.75) is 19.8 Å². The maximum atomic E-state index is 6.06. The molecule has 0 radical (unpaired) electrons. The second kappa shape index (κ2) is 4.98. The molecule has 0 aromatic carbocycles. The highest BCUT2D eigenvalue weighted by atomic mass is 35.5. The van der Waals surface area contributed by atoms with Gasteiger partial charge in [-0.3, -0.25) is 4.98 Å². The summed E-state index contributed by atoms with van der Waals surface area (Å²) in [7, 11) is 0. The largest absolute Gasteiger partial charge is 0.251 e. The maximum Gasteiger partial charge on any atom is 0.181 e. The second-order valence-electron chi connectivity index (χ2n) is 3.93. The van der Waals surface area contributed by atoms with Crippen LogP contribution < -0.4 is 0 Å². The first-order valence-electron chi connectivity index (χ1n) is 5.23. The third kappa shape index (κ3) is 2.73. The van der Waals surface area contributed by atoms with Gasteiger partial charge in [-0.1, -0.05) is 37.0 Å². The molecule has 2 rings (SSSR count). The number of aromatic nitrogens is 3. The Bertz CT molecular complexity index is 541. The molecule has 0 spiro atoms. The smallest absolute Gasteiger partial charge is 0.181 e. The van der Waals surface area contributed by atoms with Crippen molar-refractivity contribution in [2.24, 2.45) is 0 Å². The molecule has 17 heavy (non-hydrogen) atoms. The van der Waals surface area contributed by atoms with Gasteiger partial charge in [-0.15, -0.1) is 0 Å². The highest BCUT2D eigenvalue weighted by molar-refractivity contribution is 6.33. The van der Waals surface area contributed by atoms with E-state index in [2.05, 4.69) is 15.0 Å². The zero-order valence-corrected chi connectivity index (χ0v) is 11.0. The average Bonchev–Trinajstić information content (AvgIpc) is 2.28. The lowest BCUT2D eigenvalue weighted by molar-refractivity contribution is 0.816. The van der Waals surface area contributed by atoms with E-state index in [9.17, 15) is 0 Å². The fourth-order valence-corrected chi connectivity index (χ4v) is 1.78. The lowest BCUT2D eigenvalue weighted by Crippen LogP contribution is -1.99. The minimum Gasteiger partial charge on any atom is -0.251 e. The third-order valence-electron chi connectivity index (χ3n) is 2.28. The van der Waals surface area contributed by atoms with Crippen molar-refractivity contribution < 1.29 is 0 Å². The minimum absolute atomic E-state index is 0.275. The molecule has 0 aliphatic heterocycles. The van der Waals surface area contributed by atoms with Crippen LogP contribution in [0.4, 0.5) is 0 Å². The zero-order chi connectivity index (χ0) is 12.4. The number of rotatable bonds is 2. The average molecular weight is 268 g/mol. The fraction of sp³-hybridized carbons (Fsp3) is 0.250. The molecule has 0 unspecified atom stereocenters. The normalized spacial score (nSPS) is 10.9. The van der Waals surface area contributed by atoms with Crippen molar-refractivity contribution in [3.63, 3.8) is 0 Å². The van der Waals surface area contributed by atoms with Crippen molar-refractivity contribution in [1.29, 1.82) is 0 Å². The van der Waals surface area contributed by atoms with Gasteiger partial charge in [-0.25, -0.2) is 9.97 Å². The highest BCUT2D eigenvalue weighted by Gasteiger charge is 2.11. The number of hydrogen-bond donors (Lipinski definition) is 0. The molecule has 0 fully saturated rings. The lowest BCUT2D eigenvalue weighted by atomic mass is 10.1. The molecule has 5 heteroatoms. The summed E-state index contributed by atoms with van der Waals surface area (Å²) in [4.78, 5) is 12.8. The van der Waals surface area contributed by atoms with Gasteiger partial charge in [-0.2, -0.15) is 0 Å². The Labute approximate surface area is 110 Å². The summed E-state index contributed by atoms with van der Waals surface area (Å²) in [6, 6.07) is 5.27. The minimum atomic E-state index is 0.275. The molecular weight excluding hydrogens is 257 g/mol. The Hall–Kier alpha value is -1.19. The molecule has 0 saturated heterocycles. The monoisotopic (exact) mass is 267 g/mol. The van der Waals surface area contributed by atoms with Gasteiger partial charge in [0, 0.05) is 11.9 Å². The van der Waals surface area contributed by atoms with Gasteiger partial charge in [0.25, 0.3) is 0 Å². The van der Waals surface area contributed by atoms with Crippen molar-refractivity contribution in [3.05, 3.63) is 40.3 Å². The van der Waals surface area contributed by atoms with Crippen LogP contribution in [0, 0.1) is 0 Å². The van der Waals surface area contributed by atoms with E-state index in [1.807, 2.05) is 13.8 Å². The Kier molecular flexibility index (Phi) is 3.60. The molecule has 3 nitrogen and oxygen atoms in total. The summed E-state index contributed by atoms with van der Waals surface area (Å²) in [5.74, 6) is 0.739. The van der Waals surface area contributed by atoms with Crippen LogP contribution in [0.25, 0.3) is 11.5 Å². The summed E-state index contributed by atoms with van der Waals surface area (Å²) in [6.07, 6.45) is 1.65. The highest BCUT2D eigenvalue weighted by Crippen LogP contribution is 2.25. The van der Waals surface area contributed by atoms with Gasteiger partial charge in [-0.05, 0) is 24.1 Å². The van der Waals surface area contributed by atoms with Gasteiger partial charge in [0.15, 0.2) is 5.82 Å². The maximum absolute atomic E-state index is 6.06. The quantitative estimate of drug-likeness (QED) is 0.773. The van der Waals surface area contributed by atoms with Crippen LogP contribution in [0.15, 0.2) is 24.4 Å². The molecule has 2 aromatic heterocycles. The van der Waals surface area contributed by atoms with Crippen molar-refractivity contribution in [2.75, 3.05) is 0 Å². The van der Waals surface area contributed by atoms with Crippen molar-refractivity contribution in [1.82, 2.24) is 15.0 Å². The SMILES string of the molecule is CC(C)c1cc(Cl)nc(-c2ncccc2Cl)n1. The van der Waals surface area contributed by atoms with Crippen LogP contribution in [-0.2, 0) is 0 Å². The van der Waals surface area contributed by atoms with Gasteiger partial charge < -0.3 is 0 Å². The van der Waals surface area contributed by atoms with E-state index in [1.165, 1.54) is 0 Å². The molecule has 0 aliphatic rings. The standard InChI is InChI=1S/C12H11Cl2N3/c1-7(2)9-6-10(14)17-12(16-9)11-8(13)4-3-5-15-11/h3-7H,1-2H3.